The van der Waals surface area contributed by atoms with Crippen LogP contribution in [0.2, 0.25) is 0 Å². The normalized spacial score (nSPS) is 38.5. The first kappa shape index (κ1) is 10.4. The van der Waals surface area contributed by atoms with Crippen LogP contribution in [0.15, 0.2) is 12.7 Å². The van der Waals surface area contributed by atoms with Crippen molar-refractivity contribution in [2.45, 2.75) is 37.9 Å². The lowest BCUT2D eigenvalue weighted by atomic mass is 10.1. The van der Waals surface area contributed by atoms with Gasteiger partial charge in [0.25, 0.3) is 0 Å². The quantitative estimate of drug-likeness (QED) is 0.689. The molecule has 0 aromatic heterocycles. The van der Waals surface area contributed by atoms with E-state index in [1.807, 2.05) is 13.8 Å². The second-order valence-corrected chi connectivity index (χ2v) is 4.14. The lowest BCUT2D eigenvalue weighted by molar-refractivity contribution is -0.142. The number of alkyl carbamates (subject to hydrolysis) is 1. The zero-order valence-corrected chi connectivity index (χ0v) is 8.86. The highest BCUT2D eigenvalue weighted by Crippen LogP contribution is 2.27. The highest BCUT2D eigenvalue weighted by Gasteiger charge is 2.44. The van der Waals surface area contributed by atoms with Gasteiger partial charge in [-0.3, -0.25) is 0 Å². The van der Waals surface area contributed by atoms with Crippen LogP contribution < -0.4 is 5.32 Å². The predicted octanol–water partition coefficient (Wildman–Crippen LogP) is 0.801. The molecule has 2 fully saturated rings. The molecule has 0 saturated carbocycles. The summed E-state index contributed by atoms with van der Waals surface area (Å²) in [5, 5.41) is 2.70. The standard InChI is InChI=1S/C10H15NO4/c1-4-6-8(11-9(12)14-6)7-5-13-10(2,3)15-7/h4,6-8H,1,5H2,2-3H3,(H,11,12)/t6-,7+,8-/m0/s1. The Hall–Kier alpha value is -1.07. The summed E-state index contributed by atoms with van der Waals surface area (Å²) >= 11 is 0. The first-order valence-electron chi connectivity index (χ1n) is 4.93. The van der Waals surface area contributed by atoms with Crippen LogP contribution in [0.5, 0.6) is 0 Å². The number of cyclic esters (lactones) is 1. The topological polar surface area (TPSA) is 56.8 Å². The second-order valence-electron chi connectivity index (χ2n) is 4.14. The zero-order valence-electron chi connectivity index (χ0n) is 8.86. The van der Waals surface area contributed by atoms with E-state index in [0.717, 1.165) is 0 Å². The van der Waals surface area contributed by atoms with Gasteiger partial charge in [-0.15, -0.1) is 0 Å². The number of rotatable bonds is 2. The first-order valence-corrected chi connectivity index (χ1v) is 4.93. The van der Waals surface area contributed by atoms with Crippen molar-refractivity contribution in [3.05, 3.63) is 12.7 Å². The summed E-state index contributed by atoms with van der Waals surface area (Å²) in [6.07, 6.45) is 0.629. The Kier molecular flexibility index (Phi) is 2.44. The molecule has 2 rings (SSSR count). The van der Waals surface area contributed by atoms with Crippen LogP contribution in [0.25, 0.3) is 0 Å². The fourth-order valence-electron chi connectivity index (χ4n) is 1.84. The number of amides is 1. The minimum atomic E-state index is -0.594. The zero-order chi connectivity index (χ0) is 11.1. The molecule has 0 unspecified atom stereocenters. The molecule has 0 aromatic carbocycles. The maximum Gasteiger partial charge on any atom is 0.408 e. The molecule has 5 heteroatoms. The molecule has 0 radical (unpaired) electrons. The molecule has 0 aromatic rings. The maximum atomic E-state index is 11.1. The van der Waals surface area contributed by atoms with Gasteiger partial charge in [-0.2, -0.15) is 0 Å². The van der Waals surface area contributed by atoms with Crippen molar-refractivity contribution < 1.29 is 19.0 Å². The van der Waals surface area contributed by atoms with Gasteiger partial charge in [-0.1, -0.05) is 6.58 Å². The molecule has 5 nitrogen and oxygen atoms in total. The van der Waals surface area contributed by atoms with Crippen LogP contribution in [0.3, 0.4) is 0 Å². The summed E-state index contributed by atoms with van der Waals surface area (Å²) in [6.45, 7) is 7.75. The molecule has 2 heterocycles. The minimum Gasteiger partial charge on any atom is -0.440 e. The molecule has 2 aliphatic heterocycles. The largest absolute Gasteiger partial charge is 0.440 e. The van der Waals surface area contributed by atoms with E-state index >= 15 is 0 Å². The Bertz CT molecular complexity index is 289. The highest BCUT2D eigenvalue weighted by molar-refractivity contribution is 5.70. The van der Waals surface area contributed by atoms with E-state index in [2.05, 4.69) is 11.9 Å². The average molecular weight is 213 g/mol. The summed E-state index contributed by atoms with van der Waals surface area (Å²) in [5.74, 6) is -0.594. The van der Waals surface area contributed by atoms with Gasteiger partial charge in [0.1, 0.15) is 18.2 Å². The van der Waals surface area contributed by atoms with Crippen LogP contribution >= 0.6 is 0 Å². The van der Waals surface area contributed by atoms with Crippen molar-refractivity contribution in [3.8, 4) is 0 Å². The summed E-state index contributed by atoms with van der Waals surface area (Å²) < 4.78 is 16.1. The van der Waals surface area contributed by atoms with Gasteiger partial charge in [0.15, 0.2) is 5.79 Å². The van der Waals surface area contributed by atoms with Gasteiger partial charge in [0.2, 0.25) is 0 Å². The fourth-order valence-corrected chi connectivity index (χ4v) is 1.84. The van der Waals surface area contributed by atoms with Crippen LogP contribution in [-0.2, 0) is 14.2 Å². The van der Waals surface area contributed by atoms with Gasteiger partial charge >= 0.3 is 6.09 Å². The van der Waals surface area contributed by atoms with Crippen molar-refractivity contribution in [2.24, 2.45) is 0 Å². The van der Waals surface area contributed by atoms with E-state index in [4.69, 9.17) is 14.2 Å². The van der Waals surface area contributed by atoms with Gasteiger partial charge in [-0.05, 0) is 19.9 Å². The van der Waals surface area contributed by atoms with Gasteiger partial charge < -0.3 is 19.5 Å². The molecular formula is C10H15NO4. The third-order valence-corrected chi connectivity index (χ3v) is 2.54. The second kappa shape index (κ2) is 3.50. The molecule has 2 saturated heterocycles. The summed E-state index contributed by atoms with van der Waals surface area (Å²) in [5.41, 5.74) is 0. The van der Waals surface area contributed by atoms with Crippen LogP contribution in [-0.4, -0.2) is 36.7 Å². The van der Waals surface area contributed by atoms with Crippen molar-refractivity contribution in [1.82, 2.24) is 5.32 Å². The van der Waals surface area contributed by atoms with Crippen LogP contribution in [0.1, 0.15) is 13.8 Å². The lowest BCUT2D eigenvalue weighted by Gasteiger charge is -2.21. The Labute approximate surface area is 88.4 Å². The highest BCUT2D eigenvalue weighted by atomic mass is 16.7. The van der Waals surface area contributed by atoms with Crippen LogP contribution in [0.4, 0.5) is 4.79 Å². The molecule has 3 atom stereocenters. The molecule has 1 amide bonds. The van der Waals surface area contributed by atoms with Crippen LogP contribution in [0, 0.1) is 0 Å². The van der Waals surface area contributed by atoms with Crippen molar-refractivity contribution in [1.29, 1.82) is 0 Å². The van der Waals surface area contributed by atoms with Crippen molar-refractivity contribution in [2.75, 3.05) is 6.61 Å². The predicted molar refractivity (Wildman–Crippen MR) is 52.3 cm³/mol. The Morgan fingerprint density at radius 3 is 2.87 bits per heavy atom. The summed E-state index contributed by atoms with van der Waals surface area (Å²) in [4.78, 5) is 11.1. The number of hydrogen-bond donors (Lipinski definition) is 1. The number of hydrogen-bond acceptors (Lipinski definition) is 4. The van der Waals surface area contributed by atoms with Gasteiger partial charge in [0.05, 0.1) is 6.61 Å². The average Bonchev–Trinajstić information content (AvgIpc) is 2.68. The monoisotopic (exact) mass is 213 g/mol. The first-order chi connectivity index (χ1) is 7.02. The molecule has 84 valence electrons. The number of ether oxygens (including phenoxy) is 3. The molecule has 15 heavy (non-hydrogen) atoms. The smallest absolute Gasteiger partial charge is 0.408 e. The van der Waals surface area contributed by atoms with E-state index < -0.39 is 11.9 Å². The van der Waals surface area contributed by atoms with E-state index in [-0.39, 0.29) is 18.2 Å². The minimum absolute atomic E-state index is 0.186. The van der Waals surface area contributed by atoms with Crippen molar-refractivity contribution >= 4 is 6.09 Å². The SMILES string of the molecule is C=C[C@@H]1OC(=O)N[C@@H]1[C@H]1COC(C)(C)O1. The lowest BCUT2D eigenvalue weighted by Crippen LogP contribution is -2.43. The third kappa shape index (κ3) is 1.98. The van der Waals surface area contributed by atoms with E-state index in [9.17, 15) is 4.79 Å². The molecular weight excluding hydrogens is 198 g/mol. The summed E-state index contributed by atoms with van der Waals surface area (Å²) in [7, 11) is 0. The molecule has 2 aliphatic rings. The Balaban J connectivity index is 2.05. The number of nitrogens with one attached hydrogen (secondary N) is 1. The number of carbonyl (C=O) groups is 1. The molecule has 0 spiro atoms. The van der Waals surface area contributed by atoms with Gasteiger partial charge in [0, 0.05) is 0 Å². The van der Waals surface area contributed by atoms with E-state index in [0.29, 0.717) is 6.61 Å². The maximum absolute atomic E-state index is 11.1. The molecule has 1 N–H and O–H groups in total. The van der Waals surface area contributed by atoms with Gasteiger partial charge in [-0.25, -0.2) is 4.79 Å². The van der Waals surface area contributed by atoms with E-state index in [1.54, 1.807) is 6.08 Å². The molecule has 0 aliphatic carbocycles. The van der Waals surface area contributed by atoms with E-state index in [1.165, 1.54) is 0 Å². The van der Waals surface area contributed by atoms with Crippen molar-refractivity contribution in [3.63, 3.8) is 0 Å². The number of carbonyl (C=O) groups excluding carboxylic acids is 1. The Morgan fingerprint density at radius 2 is 2.33 bits per heavy atom. The molecule has 0 bridgehead atoms. The summed E-state index contributed by atoms with van der Waals surface area (Å²) in [6, 6.07) is -0.211. The fraction of sp³-hybridized carbons (Fsp3) is 0.700. The third-order valence-electron chi connectivity index (χ3n) is 2.54. The Morgan fingerprint density at radius 1 is 1.60 bits per heavy atom.